The van der Waals surface area contributed by atoms with Gasteiger partial charge in [-0.2, -0.15) is 0 Å². The minimum absolute atomic E-state index is 0.102. The van der Waals surface area contributed by atoms with Crippen molar-refractivity contribution >= 4 is 28.4 Å². The quantitative estimate of drug-likeness (QED) is 0.833. The molecule has 0 unspecified atom stereocenters. The van der Waals surface area contributed by atoms with Gasteiger partial charge in [-0.1, -0.05) is 6.92 Å². The second kappa shape index (κ2) is 5.39. The minimum atomic E-state index is 0.102. The topological polar surface area (TPSA) is 45.1 Å². The molecule has 0 radical (unpaired) electrons. The molecule has 0 amide bonds. The van der Waals surface area contributed by atoms with Crippen LogP contribution in [-0.4, -0.2) is 22.7 Å². The van der Waals surface area contributed by atoms with Crippen molar-refractivity contribution in [1.82, 2.24) is 4.98 Å². The first-order chi connectivity index (χ1) is 6.26. The fourth-order valence-electron chi connectivity index (χ4n) is 0.970. The van der Waals surface area contributed by atoms with Crippen LogP contribution in [0, 0.1) is 3.57 Å². The van der Waals surface area contributed by atoms with Crippen molar-refractivity contribution in [1.29, 1.82) is 0 Å². The van der Waals surface area contributed by atoms with Crippen LogP contribution in [0.25, 0.3) is 0 Å². The molecule has 4 heteroatoms. The monoisotopic (exact) mass is 292 g/mol. The van der Waals surface area contributed by atoms with Crippen molar-refractivity contribution in [2.45, 2.75) is 19.4 Å². The van der Waals surface area contributed by atoms with Gasteiger partial charge in [0, 0.05) is 9.77 Å². The Hall–Kier alpha value is -0.360. The summed E-state index contributed by atoms with van der Waals surface area (Å²) in [7, 11) is 0. The molecule has 72 valence electrons. The van der Waals surface area contributed by atoms with Gasteiger partial charge in [0.05, 0.1) is 12.6 Å². The van der Waals surface area contributed by atoms with Crippen LogP contribution < -0.4 is 5.32 Å². The van der Waals surface area contributed by atoms with Crippen molar-refractivity contribution in [2.24, 2.45) is 0 Å². The Morgan fingerprint density at radius 2 is 2.46 bits per heavy atom. The van der Waals surface area contributed by atoms with Crippen molar-refractivity contribution in [3.05, 3.63) is 21.9 Å². The van der Waals surface area contributed by atoms with Gasteiger partial charge < -0.3 is 10.4 Å². The van der Waals surface area contributed by atoms with Crippen molar-refractivity contribution in [2.75, 3.05) is 11.9 Å². The molecule has 1 aromatic rings. The van der Waals surface area contributed by atoms with Crippen molar-refractivity contribution in [3.8, 4) is 0 Å². The van der Waals surface area contributed by atoms with Gasteiger partial charge in [0.25, 0.3) is 0 Å². The second-order valence-electron chi connectivity index (χ2n) is 2.79. The average molecular weight is 292 g/mol. The number of aromatic nitrogens is 1. The van der Waals surface area contributed by atoms with E-state index in [4.69, 9.17) is 5.11 Å². The van der Waals surface area contributed by atoms with E-state index in [1.165, 1.54) is 0 Å². The summed E-state index contributed by atoms with van der Waals surface area (Å²) in [6.07, 6.45) is 2.65. The zero-order valence-electron chi connectivity index (χ0n) is 7.50. The molecule has 0 fully saturated rings. The van der Waals surface area contributed by atoms with Gasteiger partial charge in [-0.3, -0.25) is 0 Å². The molecular weight excluding hydrogens is 279 g/mol. The summed E-state index contributed by atoms with van der Waals surface area (Å²) >= 11 is 2.23. The van der Waals surface area contributed by atoms with Crippen LogP contribution >= 0.6 is 22.6 Å². The molecule has 3 nitrogen and oxygen atoms in total. The Bertz CT molecular complexity index is 264. The number of aliphatic hydroxyl groups excluding tert-OH is 1. The lowest BCUT2D eigenvalue weighted by molar-refractivity contribution is 0.271. The number of nitrogens with zero attached hydrogens (tertiary/aromatic N) is 1. The van der Waals surface area contributed by atoms with Gasteiger partial charge in [0.2, 0.25) is 0 Å². The van der Waals surface area contributed by atoms with Crippen LogP contribution in [0.5, 0.6) is 0 Å². The van der Waals surface area contributed by atoms with Crippen LogP contribution in [0.4, 0.5) is 5.82 Å². The number of hydrogen-bond acceptors (Lipinski definition) is 3. The summed E-state index contributed by atoms with van der Waals surface area (Å²) in [4.78, 5) is 4.15. The molecule has 0 saturated heterocycles. The Balaban J connectivity index is 2.62. The number of anilines is 1. The average Bonchev–Trinajstić information content (AvgIpc) is 2.14. The molecule has 0 aromatic carbocycles. The number of halogens is 1. The van der Waals surface area contributed by atoms with E-state index < -0.39 is 0 Å². The van der Waals surface area contributed by atoms with Crippen LogP contribution in [0.15, 0.2) is 18.3 Å². The minimum Gasteiger partial charge on any atom is -0.394 e. The number of rotatable bonds is 4. The highest BCUT2D eigenvalue weighted by atomic mass is 127. The van der Waals surface area contributed by atoms with E-state index in [1.807, 2.05) is 19.1 Å². The van der Waals surface area contributed by atoms with Gasteiger partial charge in [0.1, 0.15) is 5.82 Å². The van der Waals surface area contributed by atoms with Crippen molar-refractivity contribution in [3.63, 3.8) is 0 Å². The van der Waals surface area contributed by atoms with Gasteiger partial charge in [0.15, 0.2) is 0 Å². The second-order valence-corrected chi connectivity index (χ2v) is 4.04. The van der Waals surface area contributed by atoms with Gasteiger partial charge >= 0.3 is 0 Å². The SMILES string of the molecule is CC[C@@H](CO)Nc1cc(I)ccn1. The summed E-state index contributed by atoms with van der Waals surface area (Å²) < 4.78 is 1.14. The molecule has 0 spiro atoms. The molecular formula is C9H13IN2O. The predicted molar refractivity (Wildman–Crippen MR) is 61.7 cm³/mol. The molecule has 0 aliphatic rings. The van der Waals surface area contributed by atoms with E-state index >= 15 is 0 Å². The molecule has 13 heavy (non-hydrogen) atoms. The third kappa shape index (κ3) is 3.48. The first-order valence-electron chi connectivity index (χ1n) is 4.25. The summed E-state index contributed by atoms with van der Waals surface area (Å²) in [5.74, 6) is 0.827. The van der Waals surface area contributed by atoms with Gasteiger partial charge in [-0.15, -0.1) is 0 Å². The molecule has 0 saturated carbocycles. The molecule has 1 rings (SSSR count). The van der Waals surface area contributed by atoms with Crippen LogP contribution in [0.2, 0.25) is 0 Å². The first-order valence-corrected chi connectivity index (χ1v) is 5.33. The Morgan fingerprint density at radius 1 is 1.69 bits per heavy atom. The highest BCUT2D eigenvalue weighted by Gasteiger charge is 2.04. The first kappa shape index (κ1) is 10.7. The van der Waals surface area contributed by atoms with Gasteiger partial charge in [-0.05, 0) is 41.1 Å². The smallest absolute Gasteiger partial charge is 0.127 e. The lowest BCUT2D eigenvalue weighted by Crippen LogP contribution is -2.23. The van der Waals surface area contributed by atoms with Crippen molar-refractivity contribution < 1.29 is 5.11 Å². The summed E-state index contributed by atoms with van der Waals surface area (Å²) in [6.45, 7) is 2.17. The molecule has 0 bridgehead atoms. The largest absolute Gasteiger partial charge is 0.394 e. The maximum absolute atomic E-state index is 8.96. The number of pyridine rings is 1. The van der Waals surface area contributed by atoms with Gasteiger partial charge in [-0.25, -0.2) is 4.98 Å². The molecule has 1 atom stereocenters. The van der Waals surface area contributed by atoms with E-state index in [1.54, 1.807) is 6.20 Å². The summed E-state index contributed by atoms with van der Waals surface area (Å²) in [6, 6.07) is 4.00. The van der Waals surface area contributed by atoms with Crippen LogP contribution in [0.3, 0.4) is 0 Å². The fourth-order valence-corrected chi connectivity index (χ4v) is 1.43. The molecule has 1 aromatic heterocycles. The molecule has 0 aliphatic heterocycles. The van der Waals surface area contributed by atoms with E-state index in [2.05, 4.69) is 32.9 Å². The third-order valence-electron chi connectivity index (χ3n) is 1.79. The summed E-state index contributed by atoms with van der Waals surface area (Å²) in [5, 5.41) is 12.1. The lowest BCUT2D eigenvalue weighted by Gasteiger charge is -2.14. The number of nitrogens with one attached hydrogen (secondary N) is 1. The number of aliphatic hydroxyl groups is 1. The zero-order valence-corrected chi connectivity index (χ0v) is 9.65. The third-order valence-corrected chi connectivity index (χ3v) is 2.46. The van der Waals surface area contributed by atoms with E-state index in [-0.39, 0.29) is 12.6 Å². The van der Waals surface area contributed by atoms with Crippen LogP contribution in [-0.2, 0) is 0 Å². The Labute approximate surface area is 91.7 Å². The normalized spacial score (nSPS) is 12.5. The maximum atomic E-state index is 8.96. The van der Waals surface area contributed by atoms with E-state index in [0.717, 1.165) is 15.8 Å². The Kier molecular flexibility index (Phi) is 4.44. The zero-order chi connectivity index (χ0) is 9.68. The highest BCUT2D eigenvalue weighted by Crippen LogP contribution is 2.10. The molecule has 0 aliphatic carbocycles. The Morgan fingerprint density at radius 3 is 3.00 bits per heavy atom. The fraction of sp³-hybridized carbons (Fsp3) is 0.444. The molecule has 1 heterocycles. The summed E-state index contributed by atoms with van der Waals surface area (Å²) in [5.41, 5.74) is 0. The highest BCUT2D eigenvalue weighted by molar-refractivity contribution is 14.1. The lowest BCUT2D eigenvalue weighted by atomic mass is 10.2. The standard InChI is InChI=1S/C9H13IN2O/c1-2-8(6-13)12-9-5-7(10)3-4-11-9/h3-5,8,13H,2,6H2,1H3,(H,11,12)/t8-/m0/s1. The number of hydrogen-bond donors (Lipinski definition) is 2. The van der Waals surface area contributed by atoms with E-state index in [9.17, 15) is 0 Å². The molecule has 2 N–H and O–H groups in total. The maximum Gasteiger partial charge on any atom is 0.127 e. The van der Waals surface area contributed by atoms with E-state index in [0.29, 0.717) is 0 Å². The van der Waals surface area contributed by atoms with Crippen LogP contribution in [0.1, 0.15) is 13.3 Å². The predicted octanol–water partition coefficient (Wildman–Crippen LogP) is 1.87.